The van der Waals surface area contributed by atoms with Crippen molar-refractivity contribution in [2.75, 3.05) is 6.54 Å². The van der Waals surface area contributed by atoms with Crippen molar-refractivity contribution in [2.45, 2.75) is 17.9 Å². The van der Waals surface area contributed by atoms with Crippen molar-refractivity contribution in [2.24, 2.45) is 5.73 Å². The molecule has 0 aliphatic heterocycles. The number of fused-ring (bicyclic) bond motifs is 1. The van der Waals surface area contributed by atoms with E-state index in [9.17, 15) is 4.79 Å². The third-order valence-electron chi connectivity index (χ3n) is 3.94. The minimum atomic E-state index is 0.0243. The minimum absolute atomic E-state index is 0.0243. The molecule has 1 unspecified atom stereocenters. The van der Waals surface area contributed by atoms with Crippen LogP contribution < -0.4 is 5.73 Å². The van der Waals surface area contributed by atoms with Crippen LogP contribution in [-0.2, 0) is 5.75 Å². The number of nitrogens with zero attached hydrogens (tertiary/aromatic N) is 1. The molecular weight excluding hydrogens is 304 g/mol. The topological polar surface area (TPSA) is 48.0 Å². The second-order valence-electron chi connectivity index (χ2n) is 5.51. The van der Waals surface area contributed by atoms with Gasteiger partial charge in [0.25, 0.3) is 0 Å². The Morgan fingerprint density at radius 3 is 2.52 bits per heavy atom. The highest BCUT2D eigenvalue weighted by Gasteiger charge is 2.18. The summed E-state index contributed by atoms with van der Waals surface area (Å²) in [6, 6.07) is 18.4. The van der Waals surface area contributed by atoms with Crippen LogP contribution >= 0.6 is 11.8 Å². The van der Waals surface area contributed by atoms with Gasteiger partial charge < -0.3 is 5.73 Å². The van der Waals surface area contributed by atoms with Crippen LogP contribution in [0.15, 0.2) is 60.8 Å². The molecule has 3 nitrogen and oxygen atoms in total. The molecule has 0 radical (unpaired) electrons. The molecule has 0 bridgehead atoms. The van der Waals surface area contributed by atoms with Gasteiger partial charge in [0.15, 0.2) is 0 Å². The Kier molecular flexibility index (Phi) is 4.84. The van der Waals surface area contributed by atoms with E-state index in [1.54, 1.807) is 11.5 Å². The Morgan fingerprint density at radius 1 is 1.13 bits per heavy atom. The smallest absolute Gasteiger partial charge is 0.227 e. The lowest BCUT2D eigenvalue weighted by Crippen LogP contribution is -2.10. The second-order valence-corrected chi connectivity index (χ2v) is 6.70. The maximum atomic E-state index is 11.9. The molecule has 0 saturated heterocycles. The molecule has 23 heavy (non-hydrogen) atoms. The van der Waals surface area contributed by atoms with Gasteiger partial charge in [0.1, 0.15) is 0 Å². The van der Waals surface area contributed by atoms with E-state index in [2.05, 4.69) is 30.3 Å². The number of aromatic nitrogens is 1. The molecule has 3 aromatic rings. The molecule has 1 heterocycles. The lowest BCUT2D eigenvalue weighted by molar-refractivity contribution is 0.0941. The number of nitrogens with two attached hydrogens (primary N) is 1. The quantitative estimate of drug-likeness (QED) is 0.764. The molecular formula is C19H20N2OS. The summed E-state index contributed by atoms with van der Waals surface area (Å²) in [5, 5.41) is 1.28. The molecule has 0 aliphatic carbocycles. The van der Waals surface area contributed by atoms with Gasteiger partial charge in [-0.2, -0.15) is 0 Å². The van der Waals surface area contributed by atoms with Crippen LogP contribution in [0.4, 0.5) is 0 Å². The first-order valence-corrected chi connectivity index (χ1v) is 8.72. The zero-order valence-corrected chi connectivity index (χ0v) is 13.9. The van der Waals surface area contributed by atoms with E-state index in [1.165, 1.54) is 5.56 Å². The van der Waals surface area contributed by atoms with Gasteiger partial charge >= 0.3 is 0 Å². The fourth-order valence-corrected chi connectivity index (χ4v) is 3.87. The van der Waals surface area contributed by atoms with E-state index in [0.717, 1.165) is 22.2 Å². The summed E-state index contributed by atoms with van der Waals surface area (Å²) >= 11 is 1.82. The lowest BCUT2D eigenvalue weighted by Gasteiger charge is -2.14. The van der Waals surface area contributed by atoms with E-state index < -0.39 is 0 Å². The Morgan fingerprint density at radius 2 is 1.83 bits per heavy atom. The number of hydrogen-bond donors (Lipinski definition) is 1. The number of benzene rings is 2. The lowest BCUT2D eigenvalue weighted by atomic mass is 10.1. The zero-order chi connectivity index (χ0) is 16.2. The first-order chi connectivity index (χ1) is 11.2. The fraction of sp³-hybridized carbons (Fsp3) is 0.211. The largest absolute Gasteiger partial charge is 0.329 e. The molecule has 0 saturated carbocycles. The highest BCUT2D eigenvalue weighted by Crippen LogP contribution is 2.36. The fourth-order valence-electron chi connectivity index (χ4n) is 2.78. The monoisotopic (exact) mass is 324 g/mol. The summed E-state index contributed by atoms with van der Waals surface area (Å²) in [6.45, 7) is 2.13. The molecule has 2 N–H and O–H groups in total. The third-order valence-corrected chi connectivity index (χ3v) is 5.29. The van der Waals surface area contributed by atoms with Gasteiger partial charge in [0, 0.05) is 36.1 Å². The number of rotatable bonds is 5. The number of thioether (sulfide) groups is 1. The molecule has 1 atom stereocenters. The number of hydrogen-bond acceptors (Lipinski definition) is 3. The molecule has 118 valence electrons. The van der Waals surface area contributed by atoms with Crippen LogP contribution in [0, 0.1) is 0 Å². The van der Waals surface area contributed by atoms with Crippen molar-refractivity contribution in [1.29, 1.82) is 0 Å². The molecule has 0 spiro atoms. The van der Waals surface area contributed by atoms with Gasteiger partial charge in [-0.05, 0) is 17.2 Å². The van der Waals surface area contributed by atoms with Crippen molar-refractivity contribution in [3.63, 3.8) is 0 Å². The zero-order valence-electron chi connectivity index (χ0n) is 13.1. The highest BCUT2D eigenvalue weighted by molar-refractivity contribution is 7.98. The van der Waals surface area contributed by atoms with E-state index in [4.69, 9.17) is 5.73 Å². The molecule has 3 rings (SSSR count). The molecule has 0 aliphatic rings. The van der Waals surface area contributed by atoms with E-state index in [-0.39, 0.29) is 11.2 Å². The first kappa shape index (κ1) is 15.8. The third kappa shape index (κ3) is 3.33. The summed E-state index contributed by atoms with van der Waals surface area (Å²) in [5.41, 5.74) is 9.40. The van der Waals surface area contributed by atoms with Gasteiger partial charge in [-0.3, -0.25) is 9.36 Å². The van der Waals surface area contributed by atoms with Crippen molar-refractivity contribution in [1.82, 2.24) is 4.57 Å². The van der Waals surface area contributed by atoms with Gasteiger partial charge in [-0.1, -0.05) is 48.5 Å². The van der Waals surface area contributed by atoms with Crippen LogP contribution in [0.3, 0.4) is 0 Å². The van der Waals surface area contributed by atoms with E-state index in [0.29, 0.717) is 6.54 Å². The predicted molar refractivity (Wildman–Crippen MR) is 97.8 cm³/mol. The maximum absolute atomic E-state index is 11.9. The van der Waals surface area contributed by atoms with Crippen LogP contribution in [0.25, 0.3) is 10.9 Å². The van der Waals surface area contributed by atoms with Gasteiger partial charge in [0.05, 0.1) is 5.52 Å². The molecule has 4 heteroatoms. The summed E-state index contributed by atoms with van der Waals surface area (Å²) in [5.74, 6) is 0.929. The van der Waals surface area contributed by atoms with Crippen LogP contribution in [0.5, 0.6) is 0 Å². The van der Waals surface area contributed by atoms with E-state index in [1.807, 2.05) is 42.2 Å². The Labute approximate surface area is 140 Å². The molecule has 1 aromatic heterocycles. The van der Waals surface area contributed by atoms with Crippen molar-refractivity contribution in [3.05, 3.63) is 71.9 Å². The van der Waals surface area contributed by atoms with Crippen LogP contribution in [-0.4, -0.2) is 17.0 Å². The second kappa shape index (κ2) is 7.02. The standard InChI is InChI=1S/C19H20N2OS/c1-14(22)21-12-17(16-9-5-6-10-18(16)21)19(11-20)23-13-15-7-3-2-4-8-15/h2-10,12,19H,11,13,20H2,1H3. The number of para-hydroxylation sites is 1. The average Bonchev–Trinajstić information content (AvgIpc) is 2.97. The Bertz CT molecular complexity index is 811. The van der Waals surface area contributed by atoms with Crippen molar-refractivity contribution in [3.8, 4) is 0 Å². The summed E-state index contributed by atoms with van der Waals surface area (Å²) in [6.07, 6.45) is 1.95. The minimum Gasteiger partial charge on any atom is -0.329 e. The van der Waals surface area contributed by atoms with Crippen LogP contribution in [0.2, 0.25) is 0 Å². The summed E-state index contributed by atoms with van der Waals surface area (Å²) < 4.78 is 1.72. The first-order valence-electron chi connectivity index (χ1n) is 7.67. The van der Waals surface area contributed by atoms with Crippen LogP contribution in [0.1, 0.15) is 28.1 Å². The normalized spacial score (nSPS) is 12.4. The molecule has 0 amide bonds. The van der Waals surface area contributed by atoms with Crippen molar-refractivity contribution < 1.29 is 4.79 Å². The van der Waals surface area contributed by atoms with Gasteiger partial charge in [0.2, 0.25) is 5.91 Å². The average molecular weight is 324 g/mol. The van der Waals surface area contributed by atoms with Gasteiger partial charge in [-0.15, -0.1) is 11.8 Å². The summed E-state index contributed by atoms with van der Waals surface area (Å²) in [7, 11) is 0. The summed E-state index contributed by atoms with van der Waals surface area (Å²) in [4.78, 5) is 11.9. The van der Waals surface area contributed by atoms with Gasteiger partial charge in [-0.25, -0.2) is 0 Å². The molecule has 2 aromatic carbocycles. The maximum Gasteiger partial charge on any atom is 0.227 e. The Hall–Kier alpha value is -2.04. The Balaban J connectivity index is 1.92. The molecule has 0 fully saturated rings. The number of carbonyl (C=O) groups excluding carboxylic acids is 1. The predicted octanol–water partition coefficient (Wildman–Crippen LogP) is 4.23. The highest BCUT2D eigenvalue weighted by atomic mass is 32.2. The van der Waals surface area contributed by atoms with E-state index >= 15 is 0 Å². The SMILES string of the molecule is CC(=O)n1cc(C(CN)SCc2ccccc2)c2ccccc21. The van der Waals surface area contributed by atoms with Crippen molar-refractivity contribution >= 4 is 28.6 Å². The number of carbonyl (C=O) groups is 1.